The topological polar surface area (TPSA) is 52.0 Å². The van der Waals surface area contributed by atoms with E-state index in [4.69, 9.17) is 4.74 Å². The predicted molar refractivity (Wildman–Crippen MR) is 63.1 cm³/mol. The highest BCUT2D eigenvalue weighted by molar-refractivity contribution is 4.73. The lowest BCUT2D eigenvalue weighted by molar-refractivity contribution is 0.101. The third-order valence-electron chi connectivity index (χ3n) is 2.39. The molecule has 0 aliphatic carbocycles. The van der Waals surface area contributed by atoms with Gasteiger partial charge < -0.3 is 10.1 Å². The molecule has 1 unspecified atom stereocenters. The molecule has 92 valence electrons. The molecule has 1 aromatic rings. The molecule has 5 heteroatoms. The first kappa shape index (κ1) is 13.1. The molecule has 0 spiro atoms. The molecule has 1 N–H and O–H groups in total. The van der Waals surface area contributed by atoms with Crippen LogP contribution in [0.2, 0.25) is 0 Å². The summed E-state index contributed by atoms with van der Waals surface area (Å²) in [5.74, 6) is 0. The van der Waals surface area contributed by atoms with Gasteiger partial charge in [-0.2, -0.15) is 5.10 Å². The van der Waals surface area contributed by atoms with Crippen molar-refractivity contribution in [1.29, 1.82) is 0 Å². The van der Waals surface area contributed by atoms with Crippen molar-refractivity contribution in [2.24, 2.45) is 5.41 Å². The van der Waals surface area contributed by atoms with Crippen molar-refractivity contribution in [2.75, 3.05) is 20.3 Å². The Labute approximate surface area is 97.2 Å². The zero-order chi connectivity index (χ0) is 12.0. The fourth-order valence-electron chi connectivity index (χ4n) is 1.56. The Kier molecular flexibility index (Phi) is 4.89. The van der Waals surface area contributed by atoms with E-state index < -0.39 is 0 Å². The number of nitrogens with zero attached hydrogens (tertiary/aromatic N) is 3. The van der Waals surface area contributed by atoms with Gasteiger partial charge in [-0.25, -0.2) is 4.98 Å². The van der Waals surface area contributed by atoms with Crippen molar-refractivity contribution in [3.05, 3.63) is 12.7 Å². The predicted octanol–water partition coefficient (Wildman–Crippen LogP) is 0.929. The van der Waals surface area contributed by atoms with Gasteiger partial charge in [-0.05, 0) is 6.92 Å². The van der Waals surface area contributed by atoms with Crippen LogP contribution in [0.1, 0.15) is 20.8 Å². The summed E-state index contributed by atoms with van der Waals surface area (Å²) in [6, 6.07) is 0.373. The Morgan fingerprint density at radius 2 is 2.25 bits per heavy atom. The highest BCUT2D eigenvalue weighted by atomic mass is 16.5. The molecule has 0 fully saturated rings. The van der Waals surface area contributed by atoms with Crippen LogP contribution in [0.25, 0.3) is 0 Å². The molecule has 16 heavy (non-hydrogen) atoms. The van der Waals surface area contributed by atoms with Gasteiger partial charge in [0.05, 0.1) is 13.2 Å². The van der Waals surface area contributed by atoms with E-state index in [2.05, 4.69) is 36.2 Å². The first-order valence-electron chi connectivity index (χ1n) is 5.58. The van der Waals surface area contributed by atoms with Crippen LogP contribution in [0.3, 0.4) is 0 Å². The van der Waals surface area contributed by atoms with Gasteiger partial charge in [0.25, 0.3) is 0 Å². The van der Waals surface area contributed by atoms with E-state index in [9.17, 15) is 0 Å². The van der Waals surface area contributed by atoms with Crippen LogP contribution in [0, 0.1) is 5.41 Å². The molecule has 0 aliphatic heterocycles. The van der Waals surface area contributed by atoms with Crippen LogP contribution in [-0.4, -0.2) is 41.1 Å². The van der Waals surface area contributed by atoms with Crippen LogP contribution in [0.5, 0.6) is 0 Å². The first-order chi connectivity index (χ1) is 7.53. The maximum Gasteiger partial charge on any atom is 0.137 e. The molecule has 1 aromatic heterocycles. The molecule has 1 heterocycles. The molecule has 0 saturated carbocycles. The number of aromatic nitrogens is 3. The minimum Gasteiger partial charge on any atom is -0.384 e. The second kappa shape index (κ2) is 5.96. The second-order valence-corrected chi connectivity index (χ2v) is 5.00. The Balaban J connectivity index is 2.27. The Bertz CT molecular complexity index is 284. The number of hydrogen-bond acceptors (Lipinski definition) is 4. The van der Waals surface area contributed by atoms with Crippen molar-refractivity contribution in [3.8, 4) is 0 Å². The van der Waals surface area contributed by atoms with Crippen molar-refractivity contribution in [2.45, 2.75) is 33.4 Å². The van der Waals surface area contributed by atoms with Gasteiger partial charge in [0.1, 0.15) is 12.7 Å². The molecule has 0 aliphatic rings. The third kappa shape index (κ3) is 4.72. The van der Waals surface area contributed by atoms with Crippen LogP contribution >= 0.6 is 0 Å². The van der Waals surface area contributed by atoms with Gasteiger partial charge in [-0.1, -0.05) is 13.8 Å². The Morgan fingerprint density at radius 3 is 2.81 bits per heavy atom. The van der Waals surface area contributed by atoms with E-state index in [1.807, 2.05) is 4.68 Å². The average Bonchev–Trinajstić information content (AvgIpc) is 2.68. The summed E-state index contributed by atoms with van der Waals surface area (Å²) >= 11 is 0. The number of nitrogens with one attached hydrogen (secondary N) is 1. The fraction of sp³-hybridized carbons (Fsp3) is 0.818. The summed E-state index contributed by atoms with van der Waals surface area (Å²) in [6.45, 7) is 9.04. The summed E-state index contributed by atoms with van der Waals surface area (Å²) < 4.78 is 7.01. The molecule has 0 bridgehead atoms. The molecule has 0 saturated heterocycles. The van der Waals surface area contributed by atoms with Crippen LogP contribution < -0.4 is 5.32 Å². The minimum absolute atomic E-state index is 0.158. The monoisotopic (exact) mass is 226 g/mol. The van der Waals surface area contributed by atoms with Crippen molar-refractivity contribution in [1.82, 2.24) is 20.1 Å². The van der Waals surface area contributed by atoms with E-state index in [1.165, 1.54) is 0 Å². The van der Waals surface area contributed by atoms with Gasteiger partial charge in [-0.15, -0.1) is 0 Å². The lowest BCUT2D eigenvalue weighted by Crippen LogP contribution is -2.39. The summed E-state index contributed by atoms with van der Waals surface area (Å²) in [7, 11) is 1.74. The van der Waals surface area contributed by atoms with Gasteiger partial charge >= 0.3 is 0 Å². The molecular formula is C11H22N4O. The first-order valence-corrected chi connectivity index (χ1v) is 5.58. The molecule has 5 nitrogen and oxygen atoms in total. The number of ether oxygens (including phenoxy) is 1. The normalized spacial score (nSPS) is 14.0. The summed E-state index contributed by atoms with van der Waals surface area (Å²) in [5, 5.41) is 7.56. The molecule has 0 aromatic carbocycles. The van der Waals surface area contributed by atoms with Gasteiger partial charge in [0.2, 0.25) is 0 Å². The SMILES string of the molecule is COCC(C)(C)CNC(C)Cn1cncn1. The molecule has 0 radical (unpaired) electrons. The van der Waals surface area contributed by atoms with Crippen LogP contribution in [-0.2, 0) is 11.3 Å². The number of methoxy groups -OCH3 is 1. The molecule has 1 atom stereocenters. The maximum absolute atomic E-state index is 5.18. The lowest BCUT2D eigenvalue weighted by Gasteiger charge is -2.26. The zero-order valence-electron chi connectivity index (χ0n) is 10.6. The number of hydrogen-bond donors (Lipinski definition) is 1. The van der Waals surface area contributed by atoms with Crippen LogP contribution in [0.4, 0.5) is 0 Å². The molecule has 1 rings (SSSR count). The second-order valence-electron chi connectivity index (χ2n) is 5.00. The van der Waals surface area contributed by atoms with Crippen molar-refractivity contribution >= 4 is 0 Å². The van der Waals surface area contributed by atoms with Gasteiger partial charge in [-0.3, -0.25) is 4.68 Å². The third-order valence-corrected chi connectivity index (χ3v) is 2.39. The van der Waals surface area contributed by atoms with Gasteiger partial charge in [0.15, 0.2) is 0 Å². The minimum atomic E-state index is 0.158. The van der Waals surface area contributed by atoms with Crippen molar-refractivity contribution < 1.29 is 4.74 Å². The van der Waals surface area contributed by atoms with E-state index in [1.54, 1.807) is 19.8 Å². The largest absolute Gasteiger partial charge is 0.384 e. The summed E-state index contributed by atoms with van der Waals surface area (Å²) in [4.78, 5) is 3.92. The van der Waals surface area contributed by atoms with Gasteiger partial charge in [0, 0.05) is 25.1 Å². The van der Waals surface area contributed by atoms with E-state index in [0.29, 0.717) is 6.04 Å². The average molecular weight is 226 g/mol. The smallest absolute Gasteiger partial charge is 0.137 e. The Hall–Kier alpha value is -0.940. The summed E-state index contributed by atoms with van der Waals surface area (Å²) in [6.07, 6.45) is 3.29. The standard InChI is InChI=1S/C11H22N4O/c1-10(5-15-9-12-8-14-15)13-6-11(2,3)7-16-4/h8-10,13H,5-7H2,1-4H3. The fourth-order valence-corrected chi connectivity index (χ4v) is 1.56. The highest BCUT2D eigenvalue weighted by Crippen LogP contribution is 2.13. The lowest BCUT2D eigenvalue weighted by atomic mass is 9.94. The quantitative estimate of drug-likeness (QED) is 0.751. The maximum atomic E-state index is 5.18. The summed E-state index contributed by atoms with van der Waals surface area (Å²) in [5.41, 5.74) is 0.158. The Morgan fingerprint density at radius 1 is 1.50 bits per heavy atom. The van der Waals surface area contributed by atoms with E-state index >= 15 is 0 Å². The number of rotatable bonds is 7. The zero-order valence-corrected chi connectivity index (χ0v) is 10.6. The van der Waals surface area contributed by atoms with Crippen LogP contribution in [0.15, 0.2) is 12.7 Å². The highest BCUT2D eigenvalue weighted by Gasteiger charge is 2.18. The molecular weight excluding hydrogens is 204 g/mol. The van der Waals surface area contributed by atoms with E-state index in [-0.39, 0.29) is 5.41 Å². The van der Waals surface area contributed by atoms with E-state index in [0.717, 1.165) is 19.7 Å². The van der Waals surface area contributed by atoms with Crippen molar-refractivity contribution in [3.63, 3.8) is 0 Å². The molecule has 0 amide bonds.